The van der Waals surface area contributed by atoms with Crippen LogP contribution >= 0.6 is 23.2 Å². The molecule has 0 fully saturated rings. The molecular formula is C14H21Cl2FN2. The standard InChI is InChI=1S/C14H21Cl2FN2/c1-9(7-8-19(3)4)18-10(2)13-11(15)5-6-12(17)14(13)16/h5-6,9-10,18H,7-8H2,1-4H3. The molecule has 0 aromatic heterocycles. The first-order valence-corrected chi connectivity index (χ1v) is 7.12. The minimum absolute atomic E-state index is 0.0899. The van der Waals surface area contributed by atoms with Gasteiger partial charge in [0.25, 0.3) is 0 Å². The molecule has 19 heavy (non-hydrogen) atoms. The first-order valence-electron chi connectivity index (χ1n) is 6.37. The molecule has 5 heteroatoms. The van der Waals surface area contributed by atoms with E-state index in [-0.39, 0.29) is 11.1 Å². The predicted octanol–water partition coefficient (Wildman–Crippen LogP) is 4.12. The molecule has 0 bridgehead atoms. The normalized spacial score (nSPS) is 14.7. The Kier molecular flexibility index (Phi) is 6.54. The Bertz CT molecular complexity index is 424. The molecule has 1 N–H and O–H groups in total. The number of nitrogens with zero attached hydrogens (tertiary/aromatic N) is 1. The summed E-state index contributed by atoms with van der Waals surface area (Å²) in [5.41, 5.74) is 0.625. The minimum Gasteiger partial charge on any atom is -0.309 e. The molecule has 2 nitrogen and oxygen atoms in total. The SMILES string of the molecule is CC(CCN(C)C)NC(C)c1c(Cl)ccc(F)c1Cl. The number of benzene rings is 1. The van der Waals surface area contributed by atoms with Crippen molar-refractivity contribution in [3.63, 3.8) is 0 Å². The molecule has 1 rings (SSSR count). The fourth-order valence-corrected chi connectivity index (χ4v) is 2.68. The van der Waals surface area contributed by atoms with Crippen molar-refractivity contribution in [1.29, 1.82) is 0 Å². The first kappa shape index (κ1) is 16.7. The highest BCUT2D eigenvalue weighted by atomic mass is 35.5. The van der Waals surface area contributed by atoms with Gasteiger partial charge < -0.3 is 10.2 Å². The summed E-state index contributed by atoms with van der Waals surface area (Å²) in [5, 5.41) is 3.99. The van der Waals surface area contributed by atoms with Gasteiger partial charge in [0.1, 0.15) is 5.82 Å². The van der Waals surface area contributed by atoms with E-state index in [1.807, 2.05) is 21.0 Å². The van der Waals surface area contributed by atoms with Crippen LogP contribution in [0.5, 0.6) is 0 Å². The molecule has 1 aromatic carbocycles. The zero-order valence-electron chi connectivity index (χ0n) is 11.8. The molecule has 0 spiro atoms. The van der Waals surface area contributed by atoms with Crippen molar-refractivity contribution in [2.24, 2.45) is 0 Å². The lowest BCUT2D eigenvalue weighted by Crippen LogP contribution is -2.32. The number of hydrogen-bond donors (Lipinski definition) is 1. The van der Waals surface area contributed by atoms with Crippen molar-refractivity contribution in [3.8, 4) is 0 Å². The lowest BCUT2D eigenvalue weighted by molar-refractivity contribution is 0.354. The van der Waals surface area contributed by atoms with E-state index in [2.05, 4.69) is 17.1 Å². The Hall–Kier alpha value is -0.350. The van der Waals surface area contributed by atoms with Crippen LogP contribution < -0.4 is 5.32 Å². The largest absolute Gasteiger partial charge is 0.309 e. The lowest BCUT2D eigenvalue weighted by Gasteiger charge is -2.23. The summed E-state index contributed by atoms with van der Waals surface area (Å²) in [7, 11) is 4.08. The molecule has 1 aromatic rings. The van der Waals surface area contributed by atoms with Crippen LogP contribution in [0.15, 0.2) is 12.1 Å². The highest BCUT2D eigenvalue weighted by Crippen LogP contribution is 2.32. The molecule has 0 aliphatic heterocycles. The van der Waals surface area contributed by atoms with Crippen LogP contribution in [0.2, 0.25) is 10.0 Å². The third kappa shape index (κ3) is 4.92. The van der Waals surface area contributed by atoms with Crippen LogP contribution in [0.1, 0.15) is 31.9 Å². The average molecular weight is 307 g/mol. The second-order valence-electron chi connectivity index (χ2n) is 5.14. The quantitative estimate of drug-likeness (QED) is 0.795. The van der Waals surface area contributed by atoms with Gasteiger partial charge in [-0.05, 0) is 53.0 Å². The van der Waals surface area contributed by atoms with Crippen LogP contribution in [0.25, 0.3) is 0 Å². The van der Waals surface area contributed by atoms with E-state index < -0.39 is 5.82 Å². The fourth-order valence-electron chi connectivity index (χ4n) is 1.98. The highest BCUT2D eigenvalue weighted by Gasteiger charge is 2.18. The van der Waals surface area contributed by atoms with Gasteiger partial charge in [-0.2, -0.15) is 0 Å². The van der Waals surface area contributed by atoms with Crippen molar-refractivity contribution in [3.05, 3.63) is 33.6 Å². The van der Waals surface area contributed by atoms with Gasteiger partial charge in [0.2, 0.25) is 0 Å². The molecule has 0 radical (unpaired) electrons. The van der Waals surface area contributed by atoms with E-state index in [0.29, 0.717) is 16.6 Å². The maximum Gasteiger partial charge on any atom is 0.142 e. The van der Waals surface area contributed by atoms with E-state index >= 15 is 0 Å². The van der Waals surface area contributed by atoms with Gasteiger partial charge >= 0.3 is 0 Å². The van der Waals surface area contributed by atoms with Crippen molar-refractivity contribution in [2.75, 3.05) is 20.6 Å². The first-order chi connectivity index (χ1) is 8.82. The molecule has 2 unspecified atom stereocenters. The third-order valence-corrected chi connectivity index (χ3v) is 3.77. The van der Waals surface area contributed by atoms with Crippen LogP contribution in [0.3, 0.4) is 0 Å². The van der Waals surface area contributed by atoms with E-state index in [9.17, 15) is 4.39 Å². The molecular weight excluding hydrogens is 286 g/mol. The zero-order valence-corrected chi connectivity index (χ0v) is 13.3. The van der Waals surface area contributed by atoms with Crippen molar-refractivity contribution in [2.45, 2.75) is 32.4 Å². The monoisotopic (exact) mass is 306 g/mol. The minimum atomic E-state index is -0.435. The summed E-state index contributed by atoms with van der Waals surface area (Å²) in [6, 6.07) is 3.04. The number of hydrogen-bond acceptors (Lipinski definition) is 2. The van der Waals surface area contributed by atoms with Crippen LogP contribution in [-0.2, 0) is 0 Å². The van der Waals surface area contributed by atoms with Crippen molar-refractivity contribution < 1.29 is 4.39 Å². The van der Waals surface area contributed by atoms with E-state index in [0.717, 1.165) is 13.0 Å². The molecule has 108 valence electrons. The van der Waals surface area contributed by atoms with Gasteiger partial charge in [-0.25, -0.2) is 4.39 Å². The summed E-state index contributed by atoms with van der Waals surface area (Å²) in [5.74, 6) is -0.435. The summed E-state index contributed by atoms with van der Waals surface area (Å²) >= 11 is 12.1. The van der Waals surface area contributed by atoms with Crippen LogP contribution in [0, 0.1) is 5.82 Å². The molecule has 0 aliphatic carbocycles. The fraction of sp³-hybridized carbons (Fsp3) is 0.571. The molecule has 2 atom stereocenters. The van der Waals surface area contributed by atoms with Gasteiger partial charge in [0.15, 0.2) is 0 Å². The maximum atomic E-state index is 13.5. The maximum absolute atomic E-state index is 13.5. The molecule has 0 amide bonds. The summed E-state index contributed by atoms with van der Waals surface area (Å²) in [6.45, 7) is 5.03. The smallest absolute Gasteiger partial charge is 0.142 e. The Labute approximate surface area is 124 Å². The van der Waals surface area contributed by atoms with E-state index in [4.69, 9.17) is 23.2 Å². The summed E-state index contributed by atoms with van der Waals surface area (Å²) in [6.07, 6.45) is 1.00. The summed E-state index contributed by atoms with van der Waals surface area (Å²) in [4.78, 5) is 2.13. The average Bonchev–Trinajstić information content (AvgIpc) is 2.32. The van der Waals surface area contributed by atoms with Gasteiger partial charge in [-0.1, -0.05) is 23.2 Å². The molecule has 0 heterocycles. The van der Waals surface area contributed by atoms with Crippen molar-refractivity contribution >= 4 is 23.2 Å². The Morgan fingerprint density at radius 3 is 2.47 bits per heavy atom. The van der Waals surface area contributed by atoms with E-state index in [1.165, 1.54) is 6.07 Å². The zero-order chi connectivity index (χ0) is 14.6. The topological polar surface area (TPSA) is 15.3 Å². The Morgan fingerprint density at radius 2 is 1.89 bits per heavy atom. The predicted molar refractivity (Wildman–Crippen MR) is 80.6 cm³/mol. The van der Waals surface area contributed by atoms with Crippen molar-refractivity contribution in [1.82, 2.24) is 10.2 Å². The van der Waals surface area contributed by atoms with Gasteiger partial charge in [-0.15, -0.1) is 0 Å². The molecule has 0 saturated heterocycles. The lowest BCUT2D eigenvalue weighted by atomic mass is 10.1. The van der Waals surface area contributed by atoms with Crippen LogP contribution in [-0.4, -0.2) is 31.6 Å². The van der Waals surface area contributed by atoms with Gasteiger partial charge in [0, 0.05) is 22.7 Å². The second-order valence-corrected chi connectivity index (χ2v) is 5.92. The molecule has 0 aliphatic rings. The summed E-state index contributed by atoms with van der Waals surface area (Å²) < 4.78 is 13.5. The van der Waals surface area contributed by atoms with Gasteiger partial charge in [0.05, 0.1) is 5.02 Å². The highest BCUT2D eigenvalue weighted by molar-refractivity contribution is 6.36. The Balaban J connectivity index is 2.73. The van der Waals surface area contributed by atoms with Gasteiger partial charge in [-0.3, -0.25) is 0 Å². The second kappa shape index (κ2) is 7.44. The van der Waals surface area contributed by atoms with E-state index in [1.54, 1.807) is 6.07 Å². The number of nitrogens with one attached hydrogen (secondary N) is 1. The molecule has 0 saturated carbocycles. The Morgan fingerprint density at radius 1 is 1.26 bits per heavy atom. The number of halogens is 3. The van der Waals surface area contributed by atoms with Crippen LogP contribution in [0.4, 0.5) is 4.39 Å². The third-order valence-electron chi connectivity index (χ3n) is 3.06. The number of rotatable bonds is 6.